The van der Waals surface area contributed by atoms with Crippen molar-refractivity contribution >= 4 is 35.0 Å². The third-order valence-corrected chi connectivity index (χ3v) is 6.76. The van der Waals surface area contributed by atoms with Crippen molar-refractivity contribution in [1.29, 1.82) is 0 Å². The zero-order valence-electron chi connectivity index (χ0n) is 16.8. The van der Waals surface area contributed by atoms with Crippen molar-refractivity contribution in [2.75, 3.05) is 32.7 Å². The van der Waals surface area contributed by atoms with Crippen LogP contribution in [-0.4, -0.2) is 60.3 Å². The Bertz CT molecular complexity index is 761. The summed E-state index contributed by atoms with van der Waals surface area (Å²) in [4.78, 5) is 28.4. The van der Waals surface area contributed by atoms with E-state index in [0.29, 0.717) is 55.6 Å². The van der Waals surface area contributed by atoms with Gasteiger partial charge < -0.3 is 10.2 Å². The SMILES string of the molecule is O=C(CC1CCC(F)(F)CC1)NCC(=O)N1CCN(Cc2cccc(Cl)c2Cl)CC1. The van der Waals surface area contributed by atoms with Crippen molar-refractivity contribution in [2.24, 2.45) is 5.92 Å². The Morgan fingerprint density at radius 1 is 1.10 bits per heavy atom. The van der Waals surface area contributed by atoms with Gasteiger partial charge in [-0.15, -0.1) is 0 Å². The summed E-state index contributed by atoms with van der Waals surface area (Å²) in [6.45, 7) is 3.17. The van der Waals surface area contributed by atoms with Crippen LogP contribution in [0.3, 0.4) is 0 Å². The number of nitrogens with zero attached hydrogens (tertiary/aromatic N) is 2. The van der Waals surface area contributed by atoms with Gasteiger partial charge in [-0.3, -0.25) is 14.5 Å². The van der Waals surface area contributed by atoms with E-state index in [2.05, 4.69) is 10.2 Å². The van der Waals surface area contributed by atoms with Crippen molar-refractivity contribution in [2.45, 2.75) is 44.6 Å². The van der Waals surface area contributed by atoms with E-state index in [1.165, 1.54) is 0 Å². The fourth-order valence-electron chi connectivity index (χ4n) is 3.99. The van der Waals surface area contributed by atoms with Gasteiger partial charge in [0.05, 0.1) is 16.6 Å². The molecule has 1 saturated carbocycles. The molecule has 1 aromatic carbocycles. The van der Waals surface area contributed by atoms with Crippen molar-refractivity contribution in [3.05, 3.63) is 33.8 Å². The highest BCUT2D eigenvalue weighted by Crippen LogP contribution is 2.37. The fraction of sp³-hybridized carbons (Fsp3) is 0.619. The highest BCUT2D eigenvalue weighted by Gasteiger charge is 2.35. The molecule has 9 heteroatoms. The third kappa shape index (κ3) is 6.53. The molecule has 0 aromatic heterocycles. The van der Waals surface area contributed by atoms with Gasteiger partial charge in [-0.05, 0) is 30.4 Å². The number of halogens is 4. The van der Waals surface area contributed by atoms with E-state index >= 15 is 0 Å². The number of amides is 2. The number of piperazine rings is 1. The van der Waals surface area contributed by atoms with Crippen molar-refractivity contribution in [3.8, 4) is 0 Å². The van der Waals surface area contributed by atoms with E-state index < -0.39 is 5.92 Å². The summed E-state index contributed by atoms with van der Waals surface area (Å²) in [5.41, 5.74) is 0.955. The second-order valence-corrected chi connectivity index (χ2v) is 8.94. The van der Waals surface area contributed by atoms with Crippen LogP contribution in [0.5, 0.6) is 0 Å². The number of hydrogen-bond acceptors (Lipinski definition) is 3. The molecule has 30 heavy (non-hydrogen) atoms. The van der Waals surface area contributed by atoms with Crippen LogP contribution in [0.4, 0.5) is 8.78 Å². The highest BCUT2D eigenvalue weighted by atomic mass is 35.5. The van der Waals surface area contributed by atoms with Crippen LogP contribution in [0.1, 0.15) is 37.7 Å². The molecule has 0 radical (unpaired) electrons. The quantitative estimate of drug-likeness (QED) is 0.696. The molecule has 2 aliphatic rings. The Labute approximate surface area is 185 Å². The maximum Gasteiger partial charge on any atom is 0.248 e. The first-order chi connectivity index (χ1) is 14.2. The number of carbonyl (C=O) groups excluding carboxylic acids is 2. The van der Waals surface area contributed by atoms with Gasteiger partial charge in [-0.25, -0.2) is 8.78 Å². The Balaban J connectivity index is 1.36. The number of hydrogen-bond donors (Lipinski definition) is 1. The standard InChI is InChI=1S/C21H27Cl2F2N3O2/c22-17-3-1-2-16(20(17)23)14-27-8-10-28(11-9-27)19(30)13-26-18(29)12-15-4-6-21(24,25)7-5-15/h1-3,15H,4-14H2,(H,26,29). The molecule has 0 atom stereocenters. The average molecular weight is 462 g/mol. The van der Waals surface area contributed by atoms with Gasteiger partial charge >= 0.3 is 0 Å². The van der Waals surface area contributed by atoms with Gasteiger partial charge in [0.25, 0.3) is 0 Å². The maximum atomic E-state index is 13.2. The molecule has 0 unspecified atom stereocenters. The monoisotopic (exact) mass is 461 g/mol. The Kier molecular flexibility index (Phi) is 7.93. The van der Waals surface area contributed by atoms with Gasteiger partial charge in [-0.2, -0.15) is 0 Å². The lowest BCUT2D eigenvalue weighted by molar-refractivity contribution is -0.134. The topological polar surface area (TPSA) is 52.7 Å². The second kappa shape index (κ2) is 10.2. The van der Waals surface area contributed by atoms with Crippen molar-refractivity contribution in [1.82, 2.24) is 15.1 Å². The molecule has 2 amide bonds. The minimum absolute atomic E-state index is 0.0263. The first-order valence-electron chi connectivity index (χ1n) is 10.3. The number of benzene rings is 1. The third-order valence-electron chi connectivity index (χ3n) is 5.90. The fourth-order valence-corrected chi connectivity index (χ4v) is 4.37. The van der Waals surface area contributed by atoms with E-state index in [9.17, 15) is 18.4 Å². The molecule has 2 fully saturated rings. The summed E-state index contributed by atoms with van der Waals surface area (Å²) in [6.07, 6.45) is 0.598. The summed E-state index contributed by atoms with van der Waals surface area (Å²) in [6, 6.07) is 5.56. The van der Waals surface area contributed by atoms with E-state index in [1.807, 2.05) is 12.1 Å². The predicted octanol–water partition coefficient (Wildman–Crippen LogP) is 3.97. The number of carbonyl (C=O) groups is 2. The first-order valence-corrected chi connectivity index (χ1v) is 11.1. The minimum Gasteiger partial charge on any atom is -0.347 e. The Hall–Kier alpha value is -1.44. The predicted molar refractivity (Wildman–Crippen MR) is 113 cm³/mol. The Morgan fingerprint density at radius 2 is 1.77 bits per heavy atom. The van der Waals surface area contributed by atoms with E-state index in [-0.39, 0.29) is 43.5 Å². The van der Waals surface area contributed by atoms with Crippen molar-refractivity contribution in [3.63, 3.8) is 0 Å². The second-order valence-electron chi connectivity index (χ2n) is 8.15. The molecule has 0 spiro atoms. The average Bonchev–Trinajstić information content (AvgIpc) is 2.72. The molecular weight excluding hydrogens is 435 g/mol. The van der Waals surface area contributed by atoms with Gasteiger partial charge in [0.15, 0.2) is 0 Å². The first kappa shape index (κ1) is 23.2. The zero-order chi connectivity index (χ0) is 21.7. The summed E-state index contributed by atoms with van der Waals surface area (Å²) in [7, 11) is 0. The molecule has 0 bridgehead atoms. The lowest BCUT2D eigenvalue weighted by Crippen LogP contribution is -2.51. The lowest BCUT2D eigenvalue weighted by Gasteiger charge is -2.35. The molecule has 1 aliphatic carbocycles. The zero-order valence-corrected chi connectivity index (χ0v) is 18.3. The maximum absolute atomic E-state index is 13.2. The summed E-state index contributed by atoms with van der Waals surface area (Å²) >= 11 is 12.3. The van der Waals surface area contributed by atoms with E-state index in [0.717, 1.165) is 5.56 Å². The molecular formula is C21H27Cl2F2N3O2. The normalized spacial score (nSPS) is 20.2. The van der Waals surface area contributed by atoms with Gasteiger partial charge in [0.1, 0.15) is 0 Å². The smallest absolute Gasteiger partial charge is 0.248 e. The van der Waals surface area contributed by atoms with Gasteiger partial charge in [0.2, 0.25) is 17.7 Å². The molecule has 1 saturated heterocycles. The van der Waals surface area contributed by atoms with Crippen molar-refractivity contribution < 1.29 is 18.4 Å². The highest BCUT2D eigenvalue weighted by molar-refractivity contribution is 6.42. The molecule has 5 nitrogen and oxygen atoms in total. The van der Waals surface area contributed by atoms with Gasteiger partial charge in [0, 0.05) is 52.0 Å². The summed E-state index contributed by atoms with van der Waals surface area (Å²) in [5.74, 6) is -2.99. The van der Waals surface area contributed by atoms with Crippen LogP contribution in [0.15, 0.2) is 18.2 Å². The largest absolute Gasteiger partial charge is 0.347 e. The van der Waals surface area contributed by atoms with E-state index in [4.69, 9.17) is 23.2 Å². The minimum atomic E-state index is -2.59. The molecule has 1 aromatic rings. The van der Waals surface area contributed by atoms with Crippen LogP contribution >= 0.6 is 23.2 Å². The molecule has 1 N–H and O–H groups in total. The number of rotatable bonds is 6. The molecule has 1 heterocycles. The van der Waals surface area contributed by atoms with Crippen LogP contribution in [0.2, 0.25) is 10.0 Å². The summed E-state index contributed by atoms with van der Waals surface area (Å²) in [5, 5.41) is 3.74. The molecule has 1 aliphatic heterocycles. The molecule has 3 rings (SSSR count). The van der Waals surface area contributed by atoms with E-state index in [1.54, 1.807) is 11.0 Å². The number of alkyl halides is 2. The van der Waals surface area contributed by atoms with Crippen LogP contribution in [-0.2, 0) is 16.1 Å². The molecule has 166 valence electrons. The summed E-state index contributed by atoms with van der Waals surface area (Å²) < 4.78 is 26.4. The van der Waals surface area contributed by atoms with Gasteiger partial charge in [-0.1, -0.05) is 35.3 Å². The lowest BCUT2D eigenvalue weighted by atomic mass is 9.84. The van der Waals surface area contributed by atoms with Crippen LogP contribution in [0.25, 0.3) is 0 Å². The van der Waals surface area contributed by atoms with Crippen LogP contribution < -0.4 is 5.32 Å². The van der Waals surface area contributed by atoms with Crippen LogP contribution in [0, 0.1) is 5.92 Å². The number of nitrogens with one attached hydrogen (secondary N) is 1. The Morgan fingerprint density at radius 3 is 2.43 bits per heavy atom.